The van der Waals surface area contributed by atoms with Crippen molar-refractivity contribution in [1.82, 2.24) is 4.90 Å². The van der Waals surface area contributed by atoms with Crippen molar-refractivity contribution in [3.8, 4) is 17.2 Å². The first kappa shape index (κ1) is 27.1. The van der Waals surface area contributed by atoms with E-state index in [1.54, 1.807) is 12.1 Å². The van der Waals surface area contributed by atoms with Crippen LogP contribution < -0.4 is 10.2 Å². The molecule has 202 valence electrons. The average Bonchev–Trinajstić information content (AvgIpc) is 2.98. The molecule has 1 heterocycles. The van der Waals surface area contributed by atoms with Gasteiger partial charge in [0, 0.05) is 49.7 Å². The second-order valence-corrected chi connectivity index (χ2v) is 10.5. The van der Waals surface area contributed by atoms with Gasteiger partial charge in [-0.05, 0) is 71.1 Å². The summed E-state index contributed by atoms with van der Waals surface area (Å²) in [5.41, 5.74) is 6.06. The monoisotopic (exact) mass is 532 g/mol. The van der Waals surface area contributed by atoms with Crippen LogP contribution in [0.1, 0.15) is 46.8 Å². The van der Waals surface area contributed by atoms with Gasteiger partial charge in [0.1, 0.15) is 5.82 Å². The minimum Gasteiger partial charge on any atom is -0.369 e. The number of nitrogens with one attached hydrogen (secondary N) is 1. The van der Waals surface area contributed by atoms with Crippen molar-refractivity contribution in [2.75, 3.05) is 36.4 Å². The number of carbonyl (C=O) groups is 1. The van der Waals surface area contributed by atoms with E-state index in [1.807, 2.05) is 66.7 Å². The molecule has 6 heteroatoms. The van der Waals surface area contributed by atoms with Crippen molar-refractivity contribution in [2.45, 2.75) is 26.3 Å². The molecule has 0 atom stereocenters. The predicted molar refractivity (Wildman–Crippen MR) is 159 cm³/mol. The van der Waals surface area contributed by atoms with Crippen LogP contribution in [0.2, 0.25) is 0 Å². The Morgan fingerprint density at radius 2 is 1.62 bits per heavy atom. The van der Waals surface area contributed by atoms with Gasteiger partial charge < -0.3 is 10.2 Å². The minimum absolute atomic E-state index is 0.304. The van der Waals surface area contributed by atoms with E-state index in [4.69, 9.17) is 5.26 Å². The lowest BCUT2D eigenvalue weighted by molar-refractivity contribution is 0.102. The van der Waals surface area contributed by atoms with Gasteiger partial charge in [0.05, 0.1) is 17.2 Å². The fourth-order valence-electron chi connectivity index (χ4n) is 5.16. The molecule has 40 heavy (non-hydrogen) atoms. The molecule has 0 aliphatic carbocycles. The highest BCUT2D eigenvalue weighted by molar-refractivity contribution is 6.08. The topological polar surface area (TPSA) is 59.4 Å². The van der Waals surface area contributed by atoms with E-state index in [0.717, 1.165) is 49.5 Å². The highest BCUT2D eigenvalue weighted by Gasteiger charge is 2.19. The van der Waals surface area contributed by atoms with Gasteiger partial charge in [-0.3, -0.25) is 9.69 Å². The first-order chi connectivity index (χ1) is 19.4. The SMILES string of the molecule is CC(C)c1ccc(-c2c(F)cccc2C(=O)Nc2ccc(N3CCN(Cc4cccc(C#N)c4)CC3)cc2)cc1. The Labute approximate surface area is 235 Å². The van der Waals surface area contributed by atoms with E-state index in [9.17, 15) is 9.18 Å². The summed E-state index contributed by atoms with van der Waals surface area (Å²) in [5.74, 6) is -0.390. The smallest absolute Gasteiger partial charge is 0.256 e. The van der Waals surface area contributed by atoms with Crippen LogP contribution in [0, 0.1) is 17.1 Å². The Morgan fingerprint density at radius 3 is 2.30 bits per heavy atom. The fraction of sp³-hybridized carbons (Fsp3) is 0.235. The maximum Gasteiger partial charge on any atom is 0.256 e. The number of piperazine rings is 1. The van der Waals surface area contributed by atoms with E-state index in [-0.39, 0.29) is 5.91 Å². The summed E-state index contributed by atoms with van der Waals surface area (Å²) >= 11 is 0. The average molecular weight is 533 g/mol. The molecule has 1 aliphatic rings. The third-order valence-electron chi connectivity index (χ3n) is 7.45. The second-order valence-electron chi connectivity index (χ2n) is 10.5. The Hall–Kier alpha value is -4.47. The number of rotatable bonds is 7. The van der Waals surface area contributed by atoms with Gasteiger partial charge in [-0.2, -0.15) is 5.26 Å². The summed E-state index contributed by atoms with van der Waals surface area (Å²) < 4.78 is 14.9. The van der Waals surface area contributed by atoms with Crippen molar-refractivity contribution in [3.63, 3.8) is 0 Å². The number of benzene rings is 4. The van der Waals surface area contributed by atoms with E-state index in [1.165, 1.54) is 6.07 Å². The molecular weight excluding hydrogens is 499 g/mol. The van der Waals surface area contributed by atoms with E-state index in [2.05, 4.69) is 41.1 Å². The fourth-order valence-corrected chi connectivity index (χ4v) is 5.16. The van der Waals surface area contributed by atoms with Crippen LogP contribution in [-0.2, 0) is 6.54 Å². The standard InChI is InChI=1S/C34H33FN4O/c1-24(2)27-9-11-28(12-10-27)33-31(7-4-8-32(33)35)34(40)37-29-13-15-30(16-14-29)39-19-17-38(18-20-39)23-26-6-3-5-25(21-26)22-36/h3-16,21,24H,17-20,23H2,1-2H3,(H,37,40). The molecule has 0 spiro atoms. The zero-order chi connectivity index (χ0) is 28.1. The molecular formula is C34H33FN4O. The summed E-state index contributed by atoms with van der Waals surface area (Å²) in [5, 5.41) is 12.1. The number of nitriles is 1. The van der Waals surface area contributed by atoms with Crippen molar-refractivity contribution < 1.29 is 9.18 Å². The summed E-state index contributed by atoms with van der Waals surface area (Å²) in [6.07, 6.45) is 0. The molecule has 1 N–H and O–H groups in total. The van der Waals surface area contributed by atoms with Gasteiger partial charge in [0.2, 0.25) is 0 Å². The van der Waals surface area contributed by atoms with Crippen LogP contribution in [0.4, 0.5) is 15.8 Å². The number of nitrogens with zero attached hydrogens (tertiary/aromatic N) is 3. The first-order valence-electron chi connectivity index (χ1n) is 13.7. The number of amides is 1. The molecule has 1 amide bonds. The van der Waals surface area contributed by atoms with Gasteiger partial charge in [-0.25, -0.2) is 4.39 Å². The second kappa shape index (κ2) is 12.1. The molecule has 0 unspecified atom stereocenters. The van der Waals surface area contributed by atoms with Gasteiger partial charge in [0.25, 0.3) is 5.91 Å². The number of halogens is 1. The molecule has 4 aromatic carbocycles. The van der Waals surface area contributed by atoms with Crippen LogP contribution in [-0.4, -0.2) is 37.0 Å². The summed E-state index contributed by atoms with van der Waals surface area (Å²) in [4.78, 5) is 18.0. The molecule has 1 fully saturated rings. The van der Waals surface area contributed by atoms with Crippen LogP contribution in [0.3, 0.4) is 0 Å². The lowest BCUT2D eigenvalue weighted by atomic mass is 9.95. The van der Waals surface area contributed by atoms with Crippen LogP contribution in [0.5, 0.6) is 0 Å². The first-order valence-corrected chi connectivity index (χ1v) is 13.7. The quantitative estimate of drug-likeness (QED) is 0.277. The molecule has 0 radical (unpaired) electrons. The molecule has 4 aromatic rings. The van der Waals surface area contributed by atoms with Crippen LogP contribution >= 0.6 is 0 Å². The maximum atomic E-state index is 14.9. The van der Waals surface area contributed by atoms with Gasteiger partial charge in [-0.15, -0.1) is 0 Å². The normalized spacial score (nSPS) is 13.7. The van der Waals surface area contributed by atoms with Crippen molar-refractivity contribution in [2.24, 2.45) is 0 Å². The minimum atomic E-state index is -0.419. The molecule has 5 rings (SSSR count). The number of carbonyl (C=O) groups excluding carboxylic acids is 1. The van der Waals surface area contributed by atoms with Crippen LogP contribution in [0.25, 0.3) is 11.1 Å². The number of hydrogen-bond donors (Lipinski definition) is 1. The predicted octanol–water partition coefficient (Wildman–Crippen LogP) is 7.06. The Bertz CT molecular complexity index is 1520. The van der Waals surface area contributed by atoms with Crippen LogP contribution in [0.15, 0.2) is 91.0 Å². The highest BCUT2D eigenvalue weighted by Crippen LogP contribution is 2.29. The largest absolute Gasteiger partial charge is 0.369 e. The Kier molecular flexibility index (Phi) is 8.23. The number of hydrogen-bond acceptors (Lipinski definition) is 4. The zero-order valence-electron chi connectivity index (χ0n) is 22.9. The van der Waals surface area contributed by atoms with E-state index < -0.39 is 5.82 Å². The van der Waals surface area contributed by atoms with E-state index in [0.29, 0.717) is 33.9 Å². The summed E-state index contributed by atoms with van der Waals surface area (Å²) in [6.45, 7) is 8.70. The third kappa shape index (κ3) is 6.22. The molecule has 5 nitrogen and oxygen atoms in total. The third-order valence-corrected chi connectivity index (χ3v) is 7.45. The highest BCUT2D eigenvalue weighted by atomic mass is 19.1. The van der Waals surface area contributed by atoms with Crippen molar-refractivity contribution in [3.05, 3.63) is 119 Å². The van der Waals surface area contributed by atoms with Crippen molar-refractivity contribution in [1.29, 1.82) is 5.26 Å². The molecule has 0 saturated carbocycles. The van der Waals surface area contributed by atoms with Crippen molar-refractivity contribution >= 4 is 17.3 Å². The number of anilines is 2. The Balaban J connectivity index is 1.22. The lowest BCUT2D eigenvalue weighted by Gasteiger charge is -2.36. The molecule has 1 saturated heterocycles. The van der Waals surface area contributed by atoms with Gasteiger partial charge >= 0.3 is 0 Å². The molecule has 0 bridgehead atoms. The van der Waals surface area contributed by atoms with Gasteiger partial charge in [0.15, 0.2) is 0 Å². The van der Waals surface area contributed by atoms with E-state index >= 15 is 0 Å². The summed E-state index contributed by atoms with van der Waals surface area (Å²) in [7, 11) is 0. The maximum absolute atomic E-state index is 14.9. The molecule has 0 aromatic heterocycles. The zero-order valence-corrected chi connectivity index (χ0v) is 22.9. The van der Waals surface area contributed by atoms with Gasteiger partial charge in [-0.1, -0.05) is 56.3 Å². The summed E-state index contributed by atoms with van der Waals surface area (Å²) in [6, 6.07) is 30.1. The molecule has 1 aliphatic heterocycles. The lowest BCUT2D eigenvalue weighted by Crippen LogP contribution is -2.45. The Morgan fingerprint density at radius 1 is 0.925 bits per heavy atom.